The molecule has 0 aromatic carbocycles. The fourth-order valence-electron chi connectivity index (χ4n) is 2.63. The number of hydrogen-bond donors (Lipinski definition) is 0. The predicted molar refractivity (Wildman–Crippen MR) is 69.8 cm³/mol. The van der Waals surface area contributed by atoms with Gasteiger partial charge in [-0.05, 0) is 18.8 Å². The summed E-state index contributed by atoms with van der Waals surface area (Å²) in [6, 6.07) is 0. The van der Waals surface area contributed by atoms with Crippen molar-refractivity contribution in [3.63, 3.8) is 0 Å². The second kappa shape index (κ2) is 9.00. The van der Waals surface area contributed by atoms with Gasteiger partial charge in [-0.2, -0.15) is 0 Å². The maximum atomic E-state index is 5.41. The van der Waals surface area contributed by atoms with Crippen LogP contribution >= 0.6 is 0 Å². The standard InChI is InChI=1S/C14H30O2/c1-6-7-8-9-14(11-15-4,12-16-5)10-13(2)3/h13H,6-12H2,1-5H3. The zero-order chi connectivity index (χ0) is 12.4. The first-order valence-electron chi connectivity index (χ1n) is 6.58. The summed E-state index contributed by atoms with van der Waals surface area (Å²) < 4.78 is 10.8. The van der Waals surface area contributed by atoms with Gasteiger partial charge >= 0.3 is 0 Å². The highest BCUT2D eigenvalue weighted by Crippen LogP contribution is 2.33. The zero-order valence-corrected chi connectivity index (χ0v) is 11.8. The van der Waals surface area contributed by atoms with Crippen LogP contribution in [0.5, 0.6) is 0 Å². The number of unbranched alkanes of at least 4 members (excludes halogenated alkanes) is 2. The fourth-order valence-corrected chi connectivity index (χ4v) is 2.63. The average Bonchev–Trinajstić information content (AvgIpc) is 2.17. The molecule has 0 aliphatic rings. The Labute approximate surface area is 102 Å². The Balaban J connectivity index is 4.37. The van der Waals surface area contributed by atoms with Gasteiger partial charge in [0.15, 0.2) is 0 Å². The van der Waals surface area contributed by atoms with Gasteiger partial charge < -0.3 is 9.47 Å². The SMILES string of the molecule is CCCCCC(COC)(COC)CC(C)C. The molecule has 0 saturated carbocycles. The van der Waals surface area contributed by atoms with E-state index in [9.17, 15) is 0 Å². The second-order valence-electron chi connectivity index (χ2n) is 5.42. The smallest absolute Gasteiger partial charge is 0.0540 e. The van der Waals surface area contributed by atoms with Crippen LogP contribution in [0.1, 0.15) is 52.9 Å². The van der Waals surface area contributed by atoms with Crippen LogP contribution < -0.4 is 0 Å². The highest BCUT2D eigenvalue weighted by atomic mass is 16.5. The van der Waals surface area contributed by atoms with Crippen molar-refractivity contribution in [1.29, 1.82) is 0 Å². The predicted octanol–water partition coefficient (Wildman–Crippen LogP) is 3.89. The van der Waals surface area contributed by atoms with Crippen molar-refractivity contribution in [2.75, 3.05) is 27.4 Å². The summed E-state index contributed by atoms with van der Waals surface area (Å²) in [4.78, 5) is 0. The molecule has 98 valence electrons. The van der Waals surface area contributed by atoms with Gasteiger partial charge in [0.1, 0.15) is 0 Å². The third-order valence-electron chi connectivity index (χ3n) is 3.05. The van der Waals surface area contributed by atoms with Crippen LogP contribution in [0.4, 0.5) is 0 Å². The lowest BCUT2D eigenvalue weighted by Gasteiger charge is -2.34. The van der Waals surface area contributed by atoms with E-state index in [-0.39, 0.29) is 5.41 Å². The van der Waals surface area contributed by atoms with Crippen molar-refractivity contribution in [2.24, 2.45) is 11.3 Å². The molecule has 0 rings (SSSR count). The molecule has 0 fully saturated rings. The third kappa shape index (κ3) is 6.49. The molecule has 0 unspecified atom stereocenters. The summed E-state index contributed by atoms with van der Waals surface area (Å²) in [5, 5.41) is 0. The van der Waals surface area contributed by atoms with E-state index in [1.807, 2.05) is 0 Å². The van der Waals surface area contributed by atoms with Gasteiger partial charge in [-0.1, -0.05) is 40.0 Å². The van der Waals surface area contributed by atoms with Crippen molar-refractivity contribution >= 4 is 0 Å². The van der Waals surface area contributed by atoms with E-state index >= 15 is 0 Å². The van der Waals surface area contributed by atoms with Gasteiger partial charge in [-0.3, -0.25) is 0 Å². The summed E-state index contributed by atoms with van der Waals surface area (Å²) in [6.45, 7) is 8.45. The van der Waals surface area contributed by atoms with Crippen molar-refractivity contribution in [1.82, 2.24) is 0 Å². The molecule has 0 aliphatic heterocycles. The number of hydrogen-bond acceptors (Lipinski definition) is 2. The lowest BCUT2D eigenvalue weighted by atomic mass is 9.77. The third-order valence-corrected chi connectivity index (χ3v) is 3.05. The van der Waals surface area contributed by atoms with E-state index < -0.39 is 0 Å². The molecule has 2 nitrogen and oxygen atoms in total. The van der Waals surface area contributed by atoms with Crippen LogP contribution in [0.3, 0.4) is 0 Å². The van der Waals surface area contributed by atoms with Crippen molar-refractivity contribution < 1.29 is 9.47 Å². The average molecular weight is 230 g/mol. The molecule has 16 heavy (non-hydrogen) atoms. The van der Waals surface area contributed by atoms with Gasteiger partial charge in [0, 0.05) is 19.6 Å². The molecular weight excluding hydrogens is 200 g/mol. The Morgan fingerprint density at radius 1 is 1.00 bits per heavy atom. The van der Waals surface area contributed by atoms with Crippen LogP contribution in [0.25, 0.3) is 0 Å². The molecule has 0 aromatic heterocycles. The minimum absolute atomic E-state index is 0.229. The topological polar surface area (TPSA) is 18.5 Å². The zero-order valence-electron chi connectivity index (χ0n) is 11.8. The summed E-state index contributed by atoms with van der Waals surface area (Å²) in [7, 11) is 3.59. The van der Waals surface area contributed by atoms with Crippen molar-refractivity contribution in [2.45, 2.75) is 52.9 Å². The Morgan fingerprint density at radius 3 is 1.94 bits per heavy atom. The number of methoxy groups -OCH3 is 2. The Morgan fingerprint density at radius 2 is 1.56 bits per heavy atom. The van der Waals surface area contributed by atoms with Crippen molar-refractivity contribution in [3.8, 4) is 0 Å². The first-order chi connectivity index (χ1) is 7.60. The van der Waals surface area contributed by atoms with Gasteiger partial charge in [0.05, 0.1) is 13.2 Å². The van der Waals surface area contributed by atoms with E-state index in [2.05, 4.69) is 20.8 Å². The van der Waals surface area contributed by atoms with Crippen LogP contribution in [-0.4, -0.2) is 27.4 Å². The molecule has 0 spiro atoms. The van der Waals surface area contributed by atoms with E-state index in [1.165, 1.54) is 32.1 Å². The Hall–Kier alpha value is -0.0800. The molecule has 0 heterocycles. The van der Waals surface area contributed by atoms with Crippen LogP contribution in [0.2, 0.25) is 0 Å². The molecule has 0 radical (unpaired) electrons. The molecule has 0 amide bonds. The first-order valence-corrected chi connectivity index (χ1v) is 6.58. The van der Waals surface area contributed by atoms with Gasteiger partial charge in [0.25, 0.3) is 0 Å². The van der Waals surface area contributed by atoms with Gasteiger partial charge in [0.2, 0.25) is 0 Å². The van der Waals surface area contributed by atoms with E-state index in [4.69, 9.17) is 9.47 Å². The minimum atomic E-state index is 0.229. The quantitative estimate of drug-likeness (QED) is 0.530. The number of rotatable bonds is 10. The summed E-state index contributed by atoms with van der Waals surface area (Å²) >= 11 is 0. The highest BCUT2D eigenvalue weighted by Gasteiger charge is 2.30. The van der Waals surface area contributed by atoms with E-state index in [0.717, 1.165) is 13.2 Å². The largest absolute Gasteiger partial charge is 0.384 e. The Bertz CT molecular complexity index is 149. The maximum absolute atomic E-state index is 5.41. The normalized spacial score (nSPS) is 12.4. The highest BCUT2D eigenvalue weighted by molar-refractivity contribution is 4.80. The molecule has 0 bridgehead atoms. The van der Waals surface area contributed by atoms with Crippen LogP contribution in [0.15, 0.2) is 0 Å². The first kappa shape index (κ1) is 15.9. The molecule has 0 aliphatic carbocycles. The maximum Gasteiger partial charge on any atom is 0.0540 e. The van der Waals surface area contributed by atoms with Gasteiger partial charge in [-0.15, -0.1) is 0 Å². The van der Waals surface area contributed by atoms with Crippen LogP contribution in [0, 0.1) is 11.3 Å². The fraction of sp³-hybridized carbons (Fsp3) is 1.00. The molecular formula is C14H30O2. The van der Waals surface area contributed by atoms with E-state index in [1.54, 1.807) is 14.2 Å². The summed E-state index contributed by atoms with van der Waals surface area (Å²) in [5.41, 5.74) is 0.229. The van der Waals surface area contributed by atoms with Crippen molar-refractivity contribution in [3.05, 3.63) is 0 Å². The molecule has 0 saturated heterocycles. The lowest BCUT2D eigenvalue weighted by Crippen LogP contribution is -2.33. The molecule has 0 atom stereocenters. The second-order valence-corrected chi connectivity index (χ2v) is 5.42. The summed E-state index contributed by atoms with van der Waals surface area (Å²) in [5.74, 6) is 0.701. The van der Waals surface area contributed by atoms with Gasteiger partial charge in [-0.25, -0.2) is 0 Å². The minimum Gasteiger partial charge on any atom is -0.384 e. The number of ether oxygens (including phenoxy) is 2. The Kier molecular flexibility index (Phi) is 8.96. The molecule has 0 aromatic rings. The molecule has 0 N–H and O–H groups in total. The molecule has 2 heteroatoms. The van der Waals surface area contributed by atoms with E-state index in [0.29, 0.717) is 5.92 Å². The van der Waals surface area contributed by atoms with Crippen LogP contribution in [-0.2, 0) is 9.47 Å². The summed E-state index contributed by atoms with van der Waals surface area (Å²) in [6.07, 6.45) is 6.29. The lowest BCUT2D eigenvalue weighted by molar-refractivity contribution is -0.0104. The monoisotopic (exact) mass is 230 g/mol.